The van der Waals surface area contributed by atoms with Crippen LogP contribution in [0.3, 0.4) is 0 Å². The fraction of sp³-hybridized carbons (Fsp3) is 0.462. The van der Waals surface area contributed by atoms with Crippen LogP contribution in [0.25, 0.3) is 0 Å². The Kier molecular flexibility index (Phi) is 4.57. The summed E-state index contributed by atoms with van der Waals surface area (Å²) >= 11 is 3.37. The molecule has 1 aromatic rings. The molecule has 0 aromatic heterocycles. The molecule has 1 rings (SSSR count). The second-order valence-electron chi connectivity index (χ2n) is 4.52. The van der Waals surface area contributed by atoms with Crippen molar-refractivity contribution in [3.8, 4) is 5.75 Å². The predicted molar refractivity (Wildman–Crippen MR) is 72.5 cm³/mol. The van der Waals surface area contributed by atoms with Crippen LogP contribution >= 0.6 is 15.9 Å². The standard InChI is InChI=1S/C13H18BrNO2/c1-5-13(2,3)9-6-7-10(14)11(8-9)17-12(16)15-4/h6-8H,5H2,1-4H3,(H,15,16). The van der Waals surface area contributed by atoms with E-state index >= 15 is 0 Å². The second-order valence-corrected chi connectivity index (χ2v) is 5.38. The van der Waals surface area contributed by atoms with Crippen LogP contribution < -0.4 is 10.1 Å². The van der Waals surface area contributed by atoms with Gasteiger partial charge in [-0.05, 0) is 45.5 Å². The number of carbonyl (C=O) groups is 1. The van der Waals surface area contributed by atoms with Crippen molar-refractivity contribution in [1.29, 1.82) is 0 Å². The van der Waals surface area contributed by atoms with E-state index in [0.29, 0.717) is 5.75 Å². The first-order valence-electron chi connectivity index (χ1n) is 5.60. The predicted octanol–water partition coefficient (Wildman–Crippen LogP) is 3.85. The highest BCUT2D eigenvalue weighted by Crippen LogP contribution is 2.33. The van der Waals surface area contributed by atoms with E-state index in [1.807, 2.05) is 18.2 Å². The van der Waals surface area contributed by atoms with Gasteiger partial charge in [0.2, 0.25) is 0 Å². The third-order valence-electron chi connectivity index (χ3n) is 3.00. The third kappa shape index (κ3) is 3.46. The summed E-state index contributed by atoms with van der Waals surface area (Å²) in [4.78, 5) is 11.2. The molecule has 4 heteroatoms. The maximum Gasteiger partial charge on any atom is 0.412 e. The minimum absolute atomic E-state index is 0.0709. The molecule has 0 aliphatic rings. The van der Waals surface area contributed by atoms with Gasteiger partial charge in [0.05, 0.1) is 4.47 Å². The van der Waals surface area contributed by atoms with Crippen molar-refractivity contribution in [3.63, 3.8) is 0 Å². The molecule has 0 radical (unpaired) electrons. The third-order valence-corrected chi connectivity index (χ3v) is 3.66. The Balaban J connectivity index is 3.06. The average Bonchev–Trinajstić information content (AvgIpc) is 2.31. The molecule has 17 heavy (non-hydrogen) atoms. The Morgan fingerprint density at radius 3 is 2.65 bits per heavy atom. The lowest BCUT2D eigenvalue weighted by atomic mass is 9.82. The molecule has 0 spiro atoms. The SMILES string of the molecule is CCC(C)(C)c1ccc(Br)c(OC(=O)NC)c1. The van der Waals surface area contributed by atoms with Crippen molar-refractivity contribution >= 4 is 22.0 Å². The second kappa shape index (κ2) is 5.54. The smallest absolute Gasteiger partial charge is 0.409 e. The minimum atomic E-state index is -0.461. The van der Waals surface area contributed by atoms with Gasteiger partial charge in [-0.15, -0.1) is 0 Å². The van der Waals surface area contributed by atoms with Gasteiger partial charge < -0.3 is 10.1 Å². The summed E-state index contributed by atoms with van der Waals surface area (Å²) in [5, 5.41) is 2.43. The number of nitrogens with one attached hydrogen (secondary N) is 1. The van der Waals surface area contributed by atoms with Crippen molar-refractivity contribution in [2.75, 3.05) is 7.05 Å². The van der Waals surface area contributed by atoms with E-state index in [2.05, 4.69) is 42.0 Å². The van der Waals surface area contributed by atoms with E-state index in [0.717, 1.165) is 16.5 Å². The summed E-state index contributed by atoms with van der Waals surface area (Å²) in [7, 11) is 1.54. The zero-order valence-electron chi connectivity index (χ0n) is 10.6. The molecule has 94 valence electrons. The fourth-order valence-electron chi connectivity index (χ4n) is 1.36. The van der Waals surface area contributed by atoms with E-state index in [4.69, 9.17) is 4.74 Å². The molecule has 1 aromatic carbocycles. The Hall–Kier alpha value is -1.03. The van der Waals surface area contributed by atoms with Crippen LogP contribution in [0, 0.1) is 0 Å². The normalized spacial score (nSPS) is 11.1. The highest BCUT2D eigenvalue weighted by atomic mass is 79.9. The molecule has 3 nitrogen and oxygen atoms in total. The molecule has 0 saturated heterocycles. The van der Waals surface area contributed by atoms with Gasteiger partial charge in [0, 0.05) is 7.05 Å². The van der Waals surface area contributed by atoms with Gasteiger partial charge in [0.1, 0.15) is 5.75 Å². The van der Waals surface area contributed by atoms with Crippen molar-refractivity contribution in [1.82, 2.24) is 5.32 Å². The van der Waals surface area contributed by atoms with Crippen molar-refractivity contribution in [2.24, 2.45) is 0 Å². The summed E-state index contributed by atoms with van der Waals surface area (Å²) in [5.41, 5.74) is 1.23. The average molecular weight is 300 g/mol. The number of halogens is 1. The highest BCUT2D eigenvalue weighted by Gasteiger charge is 2.20. The summed E-state index contributed by atoms with van der Waals surface area (Å²) in [6.07, 6.45) is 0.561. The number of benzene rings is 1. The maximum absolute atomic E-state index is 11.2. The van der Waals surface area contributed by atoms with E-state index in [-0.39, 0.29) is 5.41 Å². The molecule has 0 saturated carbocycles. The maximum atomic E-state index is 11.2. The van der Waals surface area contributed by atoms with Gasteiger partial charge in [-0.1, -0.05) is 26.8 Å². The molecular weight excluding hydrogens is 282 g/mol. The van der Waals surface area contributed by atoms with Crippen LogP contribution in [0.15, 0.2) is 22.7 Å². The van der Waals surface area contributed by atoms with Crippen molar-refractivity contribution in [2.45, 2.75) is 32.6 Å². The first-order chi connectivity index (χ1) is 7.90. The molecule has 0 aliphatic heterocycles. The molecular formula is C13H18BrNO2. The molecule has 0 fully saturated rings. The van der Waals surface area contributed by atoms with Gasteiger partial charge in [-0.3, -0.25) is 0 Å². The zero-order chi connectivity index (χ0) is 13.1. The Bertz CT molecular complexity index is 416. The number of amides is 1. The van der Waals surface area contributed by atoms with E-state index in [1.165, 1.54) is 7.05 Å². The molecule has 1 amide bonds. The quantitative estimate of drug-likeness (QED) is 0.920. The first kappa shape index (κ1) is 14.0. The number of rotatable bonds is 3. The lowest BCUT2D eigenvalue weighted by molar-refractivity contribution is 0.202. The summed E-state index contributed by atoms with van der Waals surface area (Å²) in [6, 6.07) is 5.86. The molecule has 0 unspecified atom stereocenters. The molecule has 0 atom stereocenters. The Morgan fingerprint density at radius 1 is 1.47 bits per heavy atom. The summed E-state index contributed by atoms with van der Waals surface area (Å²) in [6.45, 7) is 6.47. The van der Waals surface area contributed by atoms with Gasteiger partial charge in [0.15, 0.2) is 0 Å². The van der Waals surface area contributed by atoms with Crippen LogP contribution in [-0.4, -0.2) is 13.1 Å². The Morgan fingerprint density at radius 2 is 2.12 bits per heavy atom. The van der Waals surface area contributed by atoms with E-state index in [9.17, 15) is 4.79 Å². The Labute approximate surface area is 111 Å². The van der Waals surface area contributed by atoms with Crippen LogP contribution in [0.5, 0.6) is 5.75 Å². The van der Waals surface area contributed by atoms with Crippen LogP contribution in [-0.2, 0) is 5.41 Å². The minimum Gasteiger partial charge on any atom is -0.409 e. The lowest BCUT2D eigenvalue weighted by Crippen LogP contribution is -2.22. The lowest BCUT2D eigenvalue weighted by Gasteiger charge is -2.24. The first-order valence-corrected chi connectivity index (χ1v) is 6.39. The van der Waals surface area contributed by atoms with E-state index < -0.39 is 6.09 Å². The largest absolute Gasteiger partial charge is 0.412 e. The topological polar surface area (TPSA) is 38.3 Å². The summed E-state index contributed by atoms with van der Waals surface area (Å²) < 4.78 is 5.95. The van der Waals surface area contributed by atoms with Crippen molar-refractivity contribution in [3.05, 3.63) is 28.2 Å². The zero-order valence-corrected chi connectivity index (χ0v) is 12.2. The monoisotopic (exact) mass is 299 g/mol. The van der Waals surface area contributed by atoms with Gasteiger partial charge in [-0.25, -0.2) is 4.79 Å². The van der Waals surface area contributed by atoms with Crippen molar-refractivity contribution < 1.29 is 9.53 Å². The number of carbonyl (C=O) groups excluding carboxylic acids is 1. The van der Waals surface area contributed by atoms with Gasteiger partial charge >= 0.3 is 6.09 Å². The number of hydrogen-bond donors (Lipinski definition) is 1. The molecule has 0 bridgehead atoms. The van der Waals surface area contributed by atoms with Crippen LogP contribution in [0.1, 0.15) is 32.8 Å². The number of ether oxygens (including phenoxy) is 1. The van der Waals surface area contributed by atoms with Crippen LogP contribution in [0.2, 0.25) is 0 Å². The van der Waals surface area contributed by atoms with E-state index in [1.54, 1.807) is 0 Å². The molecule has 0 heterocycles. The highest BCUT2D eigenvalue weighted by molar-refractivity contribution is 9.10. The number of hydrogen-bond acceptors (Lipinski definition) is 2. The molecule has 1 N–H and O–H groups in total. The fourth-order valence-corrected chi connectivity index (χ4v) is 1.69. The molecule has 0 aliphatic carbocycles. The van der Waals surface area contributed by atoms with Crippen LogP contribution in [0.4, 0.5) is 4.79 Å². The summed E-state index contributed by atoms with van der Waals surface area (Å²) in [5.74, 6) is 0.545. The van der Waals surface area contributed by atoms with Gasteiger partial charge in [-0.2, -0.15) is 0 Å². The van der Waals surface area contributed by atoms with Gasteiger partial charge in [0.25, 0.3) is 0 Å².